The van der Waals surface area contributed by atoms with Crippen LogP contribution < -0.4 is 10.1 Å². The van der Waals surface area contributed by atoms with Crippen LogP contribution in [-0.2, 0) is 0 Å². The van der Waals surface area contributed by atoms with Crippen LogP contribution in [0.3, 0.4) is 0 Å². The minimum absolute atomic E-state index is 0.192. The predicted molar refractivity (Wildman–Crippen MR) is 93.2 cm³/mol. The standard InChI is InChI=1S/C18H20FN5O/c1-25-17-9-12-15(10-13(17)19)20-11-21-18(12)23-14-5-2-3-6-16(14)24-8-4-7-22-24/h4,7-11,14,16H,2-3,5-6H2,1H3,(H,20,21,23). The number of rotatable bonds is 4. The highest BCUT2D eigenvalue weighted by atomic mass is 19.1. The van der Waals surface area contributed by atoms with E-state index in [0.717, 1.165) is 24.6 Å². The van der Waals surface area contributed by atoms with E-state index < -0.39 is 5.82 Å². The van der Waals surface area contributed by atoms with Crippen molar-refractivity contribution < 1.29 is 9.13 Å². The van der Waals surface area contributed by atoms with Crippen molar-refractivity contribution in [3.8, 4) is 5.75 Å². The summed E-state index contributed by atoms with van der Waals surface area (Å²) in [4.78, 5) is 8.57. The number of methoxy groups -OCH3 is 1. The van der Waals surface area contributed by atoms with Gasteiger partial charge in [0.25, 0.3) is 0 Å². The molecule has 0 bridgehead atoms. The maximum absolute atomic E-state index is 13.9. The van der Waals surface area contributed by atoms with Gasteiger partial charge in [-0.25, -0.2) is 14.4 Å². The fraction of sp³-hybridized carbons (Fsp3) is 0.389. The Balaban J connectivity index is 1.69. The molecule has 1 saturated carbocycles. The number of nitrogens with zero attached hydrogens (tertiary/aromatic N) is 4. The number of hydrogen-bond acceptors (Lipinski definition) is 5. The zero-order valence-electron chi connectivity index (χ0n) is 14.0. The van der Waals surface area contributed by atoms with Crippen LogP contribution >= 0.6 is 0 Å². The summed E-state index contributed by atoms with van der Waals surface area (Å²) in [5.74, 6) is 0.469. The van der Waals surface area contributed by atoms with Gasteiger partial charge in [0.1, 0.15) is 12.1 Å². The fourth-order valence-electron chi connectivity index (χ4n) is 3.58. The van der Waals surface area contributed by atoms with Crippen LogP contribution in [0.15, 0.2) is 36.9 Å². The van der Waals surface area contributed by atoms with Crippen molar-refractivity contribution in [2.45, 2.75) is 37.8 Å². The van der Waals surface area contributed by atoms with Crippen molar-refractivity contribution in [3.05, 3.63) is 42.7 Å². The Bertz CT molecular complexity index is 867. The molecule has 6 nitrogen and oxygen atoms in total. The molecule has 2 atom stereocenters. The molecule has 2 unspecified atom stereocenters. The summed E-state index contributed by atoms with van der Waals surface area (Å²) < 4.78 is 21.1. The first-order chi connectivity index (χ1) is 12.3. The average Bonchev–Trinajstić information content (AvgIpc) is 3.16. The SMILES string of the molecule is COc1cc2c(NC3CCCCC3n3cccn3)ncnc2cc1F. The van der Waals surface area contributed by atoms with Gasteiger partial charge in [0.15, 0.2) is 11.6 Å². The van der Waals surface area contributed by atoms with Gasteiger partial charge in [-0.05, 0) is 25.0 Å². The van der Waals surface area contributed by atoms with E-state index in [2.05, 4.69) is 20.4 Å². The lowest BCUT2D eigenvalue weighted by molar-refractivity contribution is 0.301. The number of fused-ring (bicyclic) bond motifs is 1. The molecular weight excluding hydrogens is 321 g/mol. The van der Waals surface area contributed by atoms with Gasteiger partial charge in [-0.2, -0.15) is 5.10 Å². The lowest BCUT2D eigenvalue weighted by Gasteiger charge is -2.33. The molecule has 2 aromatic heterocycles. The summed E-state index contributed by atoms with van der Waals surface area (Å²) in [5, 5.41) is 8.71. The molecule has 25 heavy (non-hydrogen) atoms. The van der Waals surface area contributed by atoms with Gasteiger partial charge in [0.2, 0.25) is 0 Å². The Morgan fingerprint density at radius 3 is 2.92 bits per heavy atom. The summed E-state index contributed by atoms with van der Waals surface area (Å²) >= 11 is 0. The summed E-state index contributed by atoms with van der Waals surface area (Å²) in [6.07, 6.45) is 9.72. The molecule has 3 aromatic rings. The highest BCUT2D eigenvalue weighted by Gasteiger charge is 2.27. The molecule has 7 heteroatoms. The highest BCUT2D eigenvalue weighted by molar-refractivity contribution is 5.90. The molecule has 130 valence electrons. The third kappa shape index (κ3) is 3.01. The van der Waals surface area contributed by atoms with Gasteiger partial charge in [-0.1, -0.05) is 12.8 Å². The van der Waals surface area contributed by atoms with Crippen LogP contribution in [0.4, 0.5) is 10.2 Å². The maximum Gasteiger partial charge on any atom is 0.167 e. The van der Waals surface area contributed by atoms with E-state index in [1.165, 1.54) is 25.9 Å². The zero-order chi connectivity index (χ0) is 17.2. The Hall–Kier alpha value is -2.70. The van der Waals surface area contributed by atoms with Crippen LogP contribution in [0, 0.1) is 5.82 Å². The van der Waals surface area contributed by atoms with E-state index >= 15 is 0 Å². The first-order valence-electron chi connectivity index (χ1n) is 8.50. The number of ether oxygens (including phenoxy) is 1. The predicted octanol–water partition coefficient (Wildman–Crippen LogP) is 3.57. The van der Waals surface area contributed by atoms with Crippen LogP contribution in [0.1, 0.15) is 31.7 Å². The molecule has 0 radical (unpaired) electrons. The summed E-state index contributed by atoms with van der Waals surface area (Å²) in [7, 11) is 1.45. The molecule has 1 fully saturated rings. The molecule has 4 rings (SSSR count). The summed E-state index contributed by atoms with van der Waals surface area (Å²) in [6, 6.07) is 5.46. The third-order valence-electron chi connectivity index (χ3n) is 4.83. The van der Waals surface area contributed by atoms with E-state index in [1.807, 2.05) is 16.9 Å². The summed E-state index contributed by atoms with van der Waals surface area (Å²) in [6.45, 7) is 0. The van der Waals surface area contributed by atoms with Crippen molar-refractivity contribution in [1.29, 1.82) is 0 Å². The second-order valence-electron chi connectivity index (χ2n) is 6.31. The van der Waals surface area contributed by atoms with E-state index in [9.17, 15) is 4.39 Å². The van der Waals surface area contributed by atoms with Crippen LogP contribution in [0.25, 0.3) is 10.9 Å². The topological polar surface area (TPSA) is 64.9 Å². The maximum atomic E-state index is 13.9. The largest absolute Gasteiger partial charge is 0.494 e. The van der Waals surface area contributed by atoms with Crippen molar-refractivity contribution >= 4 is 16.7 Å². The lowest BCUT2D eigenvalue weighted by Crippen LogP contribution is -2.34. The smallest absolute Gasteiger partial charge is 0.167 e. The minimum atomic E-state index is -0.424. The molecule has 1 N–H and O–H groups in total. The van der Waals surface area contributed by atoms with Gasteiger partial charge in [0, 0.05) is 29.9 Å². The molecular formula is C18H20FN5O. The lowest BCUT2D eigenvalue weighted by atomic mass is 9.90. The molecule has 1 aliphatic rings. The molecule has 0 spiro atoms. The van der Waals surface area contributed by atoms with Crippen molar-refractivity contribution in [3.63, 3.8) is 0 Å². The monoisotopic (exact) mass is 341 g/mol. The van der Waals surface area contributed by atoms with Gasteiger partial charge in [-0.3, -0.25) is 4.68 Å². The van der Waals surface area contributed by atoms with E-state index in [0.29, 0.717) is 11.3 Å². The molecule has 0 saturated heterocycles. The normalized spacial score (nSPS) is 20.6. The number of nitrogens with one attached hydrogen (secondary N) is 1. The van der Waals surface area contributed by atoms with Crippen LogP contribution in [0.5, 0.6) is 5.75 Å². The van der Waals surface area contributed by atoms with E-state index in [1.54, 1.807) is 12.3 Å². The molecule has 1 aliphatic carbocycles. The van der Waals surface area contributed by atoms with Crippen LogP contribution in [-0.4, -0.2) is 32.9 Å². The van der Waals surface area contributed by atoms with Crippen molar-refractivity contribution in [2.75, 3.05) is 12.4 Å². The number of anilines is 1. The second-order valence-corrected chi connectivity index (χ2v) is 6.31. The van der Waals surface area contributed by atoms with E-state index in [4.69, 9.17) is 4.74 Å². The molecule has 0 amide bonds. The third-order valence-corrected chi connectivity index (χ3v) is 4.83. The average molecular weight is 341 g/mol. The minimum Gasteiger partial charge on any atom is -0.494 e. The quantitative estimate of drug-likeness (QED) is 0.786. The Labute approximate surface area is 145 Å². The second kappa shape index (κ2) is 6.66. The van der Waals surface area contributed by atoms with Gasteiger partial charge in [-0.15, -0.1) is 0 Å². The Morgan fingerprint density at radius 1 is 1.24 bits per heavy atom. The summed E-state index contributed by atoms with van der Waals surface area (Å²) in [5.41, 5.74) is 0.558. The molecule has 2 heterocycles. The first-order valence-corrected chi connectivity index (χ1v) is 8.50. The number of aromatic nitrogens is 4. The van der Waals surface area contributed by atoms with E-state index in [-0.39, 0.29) is 17.8 Å². The Kier molecular flexibility index (Phi) is 4.21. The molecule has 1 aromatic carbocycles. The van der Waals surface area contributed by atoms with Crippen molar-refractivity contribution in [2.24, 2.45) is 0 Å². The van der Waals surface area contributed by atoms with Gasteiger partial charge < -0.3 is 10.1 Å². The van der Waals surface area contributed by atoms with Crippen molar-refractivity contribution in [1.82, 2.24) is 19.7 Å². The zero-order valence-corrected chi connectivity index (χ0v) is 14.0. The fourth-order valence-corrected chi connectivity index (χ4v) is 3.58. The van der Waals surface area contributed by atoms with Crippen LogP contribution in [0.2, 0.25) is 0 Å². The first kappa shape index (κ1) is 15.8. The number of halogens is 1. The van der Waals surface area contributed by atoms with Gasteiger partial charge >= 0.3 is 0 Å². The number of hydrogen-bond donors (Lipinski definition) is 1. The molecule has 0 aliphatic heterocycles. The highest BCUT2D eigenvalue weighted by Crippen LogP contribution is 2.33. The van der Waals surface area contributed by atoms with Gasteiger partial charge in [0.05, 0.1) is 18.7 Å². The Morgan fingerprint density at radius 2 is 2.12 bits per heavy atom. The number of benzene rings is 1.